The molecular weight excluding hydrogens is 500 g/mol. The Kier molecular flexibility index (Phi) is 5.71. The van der Waals surface area contributed by atoms with Crippen molar-refractivity contribution in [1.82, 2.24) is 0 Å². The number of hydrogen-bond donors (Lipinski definition) is 1. The van der Waals surface area contributed by atoms with Gasteiger partial charge in [-0.1, -0.05) is 105 Å². The van der Waals surface area contributed by atoms with Crippen LogP contribution in [0.15, 0.2) is 113 Å². The van der Waals surface area contributed by atoms with E-state index < -0.39 is 11.0 Å². The molecule has 3 heteroatoms. The summed E-state index contributed by atoms with van der Waals surface area (Å²) >= 11 is 7.26. The second-order valence-electron chi connectivity index (χ2n) is 7.62. The second kappa shape index (κ2) is 8.14. The average molecular weight is 522 g/mol. The predicted molar refractivity (Wildman–Crippen MR) is 132 cm³/mol. The van der Waals surface area contributed by atoms with Crippen molar-refractivity contribution < 1.29 is 5.11 Å². The van der Waals surface area contributed by atoms with Crippen molar-refractivity contribution in [2.45, 2.75) is 17.9 Å². The van der Waals surface area contributed by atoms with Crippen molar-refractivity contribution >= 4 is 31.9 Å². The first-order valence-electron chi connectivity index (χ1n) is 9.77. The molecule has 2 unspecified atom stereocenters. The molecule has 0 fully saturated rings. The molecule has 0 heterocycles. The molecule has 1 aliphatic carbocycles. The Balaban J connectivity index is 2.09. The molecule has 30 heavy (non-hydrogen) atoms. The molecule has 0 saturated carbocycles. The minimum atomic E-state index is -1.26. The van der Waals surface area contributed by atoms with Gasteiger partial charge in [0.15, 0.2) is 0 Å². The van der Waals surface area contributed by atoms with Crippen LogP contribution in [0.5, 0.6) is 0 Å². The van der Waals surface area contributed by atoms with Crippen molar-refractivity contribution in [1.29, 1.82) is 0 Å². The first-order chi connectivity index (χ1) is 14.4. The summed E-state index contributed by atoms with van der Waals surface area (Å²) in [5.41, 5.74) is 3.44. The molecule has 150 valence electrons. The monoisotopic (exact) mass is 520 g/mol. The van der Waals surface area contributed by atoms with Crippen LogP contribution in [0.4, 0.5) is 0 Å². The lowest BCUT2D eigenvalue weighted by Gasteiger charge is -2.45. The fourth-order valence-corrected chi connectivity index (χ4v) is 5.14. The van der Waals surface area contributed by atoms with E-state index in [4.69, 9.17) is 0 Å². The smallest absolute Gasteiger partial charge is 0.134 e. The lowest BCUT2D eigenvalue weighted by atomic mass is 9.60. The van der Waals surface area contributed by atoms with Crippen LogP contribution < -0.4 is 0 Å². The highest BCUT2D eigenvalue weighted by Crippen LogP contribution is 2.53. The molecule has 0 saturated heterocycles. The topological polar surface area (TPSA) is 20.2 Å². The Morgan fingerprint density at radius 2 is 1.40 bits per heavy atom. The Bertz CT molecular complexity index is 1160. The van der Waals surface area contributed by atoms with E-state index in [1.54, 1.807) is 6.08 Å². The van der Waals surface area contributed by atoms with Crippen LogP contribution in [0, 0.1) is 0 Å². The normalized spacial score (nSPS) is 22.8. The number of hydrogen-bond acceptors (Lipinski definition) is 1. The summed E-state index contributed by atoms with van der Waals surface area (Å²) in [6.07, 6.45) is 9.18. The van der Waals surface area contributed by atoms with E-state index in [1.165, 1.54) is 5.56 Å². The van der Waals surface area contributed by atoms with Crippen molar-refractivity contribution in [2.75, 3.05) is 0 Å². The van der Waals surface area contributed by atoms with Gasteiger partial charge in [-0.3, -0.25) is 0 Å². The maximum atomic E-state index is 12.1. The fraction of sp³-hybridized carbons (Fsp3) is 0.111. The average Bonchev–Trinajstić information content (AvgIpc) is 2.76. The third-order valence-corrected chi connectivity index (χ3v) is 6.90. The second-order valence-corrected chi connectivity index (χ2v) is 9.45. The van der Waals surface area contributed by atoms with Crippen LogP contribution in [0.2, 0.25) is 0 Å². The molecule has 3 aromatic carbocycles. The van der Waals surface area contributed by atoms with Gasteiger partial charge in [-0.15, -0.1) is 0 Å². The highest BCUT2D eigenvalue weighted by Gasteiger charge is 2.47. The van der Waals surface area contributed by atoms with Crippen molar-refractivity contribution in [3.05, 3.63) is 140 Å². The van der Waals surface area contributed by atoms with Crippen molar-refractivity contribution in [3.63, 3.8) is 0 Å². The van der Waals surface area contributed by atoms with E-state index in [1.807, 2.05) is 54.6 Å². The third kappa shape index (κ3) is 3.35. The number of rotatable bonds is 4. The van der Waals surface area contributed by atoms with Crippen LogP contribution in [-0.2, 0) is 11.0 Å². The van der Waals surface area contributed by atoms with Crippen LogP contribution in [-0.4, -0.2) is 5.11 Å². The summed E-state index contributed by atoms with van der Waals surface area (Å²) < 4.78 is 1.92. The minimum Gasteiger partial charge on any atom is -0.377 e. The molecule has 1 nitrogen and oxygen atoms in total. The zero-order valence-corrected chi connectivity index (χ0v) is 19.8. The molecule has 1 aliphatic rings. The maximum Gasteiger partial charge on any atom is 0.134 e. The van der Waals surface area contributed by atoms with E-state index >= 15 is 0 Å². The van der Waals surface area contributed by atoms with Crippen LogP contribution in [0.1, 0.15) is 34.7 Å². The van der Waals surface area contributed by atoms with Gasteiger partial charge in [-0.05, 0) is 65.1 Å². The molecule has 4 rings (SSSR count). The van der Waals surface area contributed by atoms with Gasteiger partial charge in [0.1, 0.15) is 5.60 Å². The van der Waals surface area contributed by atoms with Gasteiger partial charge >= 0.3 is 0 Å². The van der Waals surface area contributed by atoms with E-state index in [2.05, 4.69) is 81.8 Å². The molecule has 0 radical (unpaired) electrons. The Morgan fingerprint density at radius 1 is 0.767 bits per heavy atom. The van der Waals surface area contributed by atoms with Gasteiger partial charge in [0.25, 0.3) is 0 Å². The number of fused-ring (bicyclic) bond motifs is 2. The van der Waals surface area contributed by atoms with Gasteiger partial charge in [0.2, 0.25) is 0 Å². The van der Waals surface area contributed by atoms with Crippen LogP contribution in [0.3, 0.4) is 0 Å². The molecule has 0 amide bonds. The number of allylic oxidation sites excluding steroid dienone is 4. The summed E-state index contributed by atoms with van der Waals surface area (Å²) in [6.45, 7) is 5.95. The molecule has 3 aromatic rings. The summed E-state index contributed by atoms with van der Waals surface area (Å²) in [7, 11) is 0. The first kappa shape index (κ1) is 21.0. The van der Waals surface area contributed by atoms with Gasteiger partial charge in [-0.25, -0.2) is 0 Å². The highest BCUT2D eigenvalue weighted by molar-refractivity contribution is 9.10. The number of halogens is 2. The Hall–Kier alpha value is -2.20. The zero-order valence-electron chi connectivity index (χ0n) is 16.6. The minimum absolute atomic E-state index is 0.409. The molecule has 1 N–H and O–H groups in total. The quantitative estimate of drug-likeness (QED) is 0.354. The zero-order chi connectivity index (χ0) is 21.4. The fourth-order valence-electron chi connectivity index (χ4n) is 4.42. The predicted octanol–water partition coefficient (Wildman–Crippen LogP) is 7.41. The molecular formula is C27H22Br2O. The summed E-state index contributed by atoms with van der Waals surface area (Å²) in [6, 6.07) is 22.8. The molecule has 0 spiro atoms. The summed E-state index contributed by atoms with van der Waals surface area (Å²) in [5.74, 6) is 0. The highest BCUT2D eigenvalue weighted by atomic mass is 79.9. The van der Waals surface area contributed by atoms with E-state index in [0.717, 1.165) is 31.2 Å². The maximum absolute atomic E-state index is 12.1. The van der Waals surface area contributed by atoms with E-state index in [9.17, 15) is 5.11 Å². The lowest BCUT2D eigenvalue weighted by Crippen LogP contribution is -2.41. The van der Waals surface area contributed by atoms with Gasteiger partial charge in [0.05, 0.1) is 0 Å². The summed E-state index contributed by atoms with van der Waals surface area (Å²) in [4.78, 5) is 0. The van der Waals surface area contributed by atoms with E-state index in [-0.39, 0.29) is 0 Å². The number of aliphatic hydroxyl groups is 1. The van der Waals surface area contributed by atoms with Crippen molar-refractivity contribution in [2.24, 2.45) is 0 Å². The van der Waals surface area contributed by atoms with Crippen LogP contribution in [0.25, 0.3) is 0 Å². The molecule has 2 atom stereocenters. The third-order valence-electron chi connectivity index (χ3n) is 5.91. The summed E-state index contributed by atoms with van der Waals surface area (Å²) in [5, 5.41) is 12.1. The van der Waals surface area contributed by atoms with Gasteiger partial charge in [-0.2, -0.15) is 0 Å². The SMILES string of the molecule is C=C/C=C\C=C/C1(O)c2cc(Br)ccc2C(C)(c2ccccc2)c2cc(Br)ccc21. The Morgan fingerprint density at radius 3 is 2.07 bits per heavy atom. The standard InChI is InChI=1S/C27H22Br2O/c1-3-4-5-9-16-27(30)23-15-13-20(28)17-24(23)26(2,19-10-7-6-8-11-19)22-14-12-21(29)18-25(22)27/h3-18,30H,1H2,2H3/b5-4-,16-9-. The molecule has 0 bridgehead atoms. The van der Waals surface area contributed by atoms with Crippen LogP contribution >= 0.6 is 31.9 Å². The van der Waals surface area contributed by atoms with Crippen molar-refractivity contribution in [3.8, 4) is 0 Å². The van der Waals surface area contributed by atoms with Gasteiger partial charge in [0, 0.05) is 14.4 Å². The Labute approximate surface area is 194 Å². The first-order valence-corrected chi connectivity index (χ1v) is 11.4. The molecule has 0 aliphatic heterocycles. The number of benzene rings is 3. The molecule has 0 aromatic heterocycles. The van der Waals surface area contributed by atoms with E-state index in [0.29, 0.717) is 0 Å². The largest absolute Gasteiger partial charge is 0.377 e. The lowest BCUT2D eigenvalue weighted by molar-refractivity contribution is 0.126. The van der Waals surface area contributed by atoms with Gasteiger partial charge < -0.3 is 5.11 Å².